The van der Waals surface area contributed by atoms with E-state index in [1.165, 1.54) is 7.11 Å². The Labute approximate surface area is 113 Å². The molecule has 2 aromatic rings. The maximum atomic E-state index is 12.5. The van der Waals surface area contributed by atoms with E-state index in [-0.39, 0.29) is 5.82 Å². The summed E-state index contributed by atoms with van der Waals surface area (Å²) >= 11 is 0. The molecule has 0 saturated carbocycles. The second kappa shape index (κ2) is 5.77. The molecule has 0 aliphatic rings. The molecule has 1 N–H and O–H groups in total. The second-order valence-corrected chi connectivity index (χ2v) is 3.99. The van der Waals surface area contributed by atoms with Crippen LogP contribution in [0.4, 0.5) is 19.0 Å². The molecular weight excluding hydrogens is 271 g/mol. The van der Waals surface area contributed by atoms with E-state index < -0.39 is 11.7 Å². The van der Waals surface area contributed by atoms with Crippen molar-refractivity contribution in [3.63, 3.8) is 0 Å². The predicted molar refractivity (Wildman–Crippen MR) is 67.4 cm³/mol. The van der Waals surface area contributed by atoms with Gasteiger partial charge in [0.05, 0.1) is 12.7 Å². The van der Waals surface area contributed by atoms with Crippen LogP contribution in [0.2, 0.25) is 0 Å². The first-order valence-electron chi connectivity index (χ1n) is 5.75. The molecule has 0 fully saturated rings. The van der Waals surface area contributed by atoms with Crippen LogP contribution in [0.25, 0.3) is 0 Å². The van der Waals surface area contributed by atoms with Gasteiger partial charge in [-0.05, 0) is 17.7 Å². The number of rotatable bonds is 4. The fraction of sp³-hybridized carbons (Fsp3) is 0.231. The van der Waals surface area contributed by atoms with Gasteiger partial charge in [-0.25, -0.2) is 9.97 Å². The van der Waals surface area contributed by atoms with Gasteiger partial charge in [-0.15, -0.1) is 0 Å². The lowest BCUT2D eigenvalue weighted by atomic mass is 10.2. The number of nitrogens with one attached hydrogen (secondary N) is 1. The molecule has 0 radical (unpaired) electrons. The number of alkyl halides is 3. The number of hydrogen-bond donors (Lipinski definition) is 1. The zero-order chi connectivity index (χ0) is 14.6. The average molecular weight is 283 g/mol. The molecule has 0 aromatic carbocycles. The second-order valence-electron chi connectivity index (χ2n) is 3.99. The van der Waals surface area contributed by atoms with Gasteiger partial charge < -0.3 is 10.1 Å². The highest BCUT2D eigenvalue weighted by atomic mass is 19.4. The number of nitrogens with zero attached hydrogens (tertiary/aromatic N) is 2. The lowest BCUT2D eigenvalue weighted by Crippen LogP contribution is -2.07. The molecule has 0 aliphatic carbocycles. The molecule has 0 amide bonds. The number of anilines is 1. The smallest absolute Gasteiger partial charge is 0.416 e. The minimum absolute atomic E-state index is 0.163. The quantitative estimate of drug-likeness (QED) is 0.936. The van der Waals surface area contributed by atoms with E-state index >= 15 is 0 Å². The third-order valence-corrected chi connectivity index (χ3v) is 2.57. The summed E-state index contributed by atoms with van der Waals surface area (Å²) in [5, 5.41) is 2.82. The molecule has 0 atom stereocenters. The summed E-state index contributed by atoms with van der Waals surface area (Å²) in [5.74, 6) is 0.640. The fourth-order valence-corrected chi connectivity index (χ4v) is 1.53. The van der Waals surface area contributed by atoms with Crippen LogP contribution in [-0.2, 0) is 12.7 Å². The highest BCUT2D eigenvalue weighted by Crippen LogP contribution is 2.29. The Morgan fingerprint density at radius 3 is 2.60 bits per heavy atom. The first-order valence-corrected chi connectivity index (χ1v) is 5.75. The van der Waals surface area contributed by atoms with Crippen molar-refractivity contribution >= 4 is 5.82 Å². The van der Waals surface area contributed by atoms with E-state index in [9.17, 15) is 13.2 Å². The Morgan fingerprint density at radius 1 is 1.20 bits per heavy atom. The molecule has 0 unspecified atom stereocenters. The average Bonchev–Trinajstić information content (AvgIpc) is 2.45. The van der Waals surface area contributed by atoms with E-state index in [1.54, 1.807) is 18.3 Å². The summed E-state index contributed by atoms with van der Waals surface area (Å²) in [6.45, 7) is 0.325. The minimum atomic E-state index is -4.37. The van der Waals surface area contributed by atoms with Crippen LogP contribution in [0.5, 0.6) is 5.88 Å². The molecule has 0 bridgehead atoms. The van der Waals surface area contributed by atoms with Crippen LogP contribution >= 0.6 is 0 Å². The normalized spacial score (nSPS) is 11.2. The largest absolute Gasteiger partial charge is 0.481 e. The molecule has 0 saturated heterocycles. The predicted octanol–water partition coefficient (Wildman–Crippen LogP) is 3.12. The first kappa shape index (κ1) is 14.1. The van der Waals surface area contributed by atoms with Crippen LogP contribution in [0.15, 0.2) is 36.7 Å². The number of pyridine rings is 2. The topological polar surface area (TPSA) is 47.0 Å². The lowest BCUT2D eigenvalue weighted by Gasteiger charge is -2.09. The Hall–Kier alpha value is -2.31. The van der Waals surface area contributed by atoms with Crippen molar-refractivity contribution in [2.45, 2.75) is 12.7 Å². The highest BCUT2D eigenvalue weighted by Gasteiger charge is 2.30. The van der Waals surface area contributed by atoms with Crippen molar-refractivity contribution in [2.75, 3.05) is 12.4 Å². The number of ether oxygens (including phenoxy) is 1. The molecule has 0 spiro atoms. The SMILES string of the molecule is COc1ccc(CNc2cc(C(F)(F)F)ccn2)cn1. The minimum Gasteiger partial charge on any atom is -0.481 e. The Kier molecular flexibility index (Phi) is 4.07. The molecule has 4 nitrogen and oxygen atoms in total. The Balaban J connectivity index is 2.03. The van der Waals surface area contributed by atoms with Gasteiger partial charge in [-0.2, -0.15) is 13.2 Å². The molecule has 2 aromatic heterocycles. The summed E-state index contributed by atoms with van der Waals surface area (Å²) in [6.07, 6.45) is -1.67. The van der Waals surface area contributed by atoms with Crippen LogP contribution in [0.3, 0.4) is 0 Å². The number of halogens is 3. The number of hydrogen-bond acceptors (Lipinski definition) is 4. The number of aromatic nitrogens is 2. The Morgan fingerprint density at radius 2 is 2.00 bits per heavy atom. The zero-order valence-electron chi connectivity index (χ0n) is 10.6. The maximum absolute atomic E-state index is 12.5. The van der Waals surface area contributed by atoms with Crippen LogP contribution < -0.4 is 10.1 Å². The van der Waals surface area contributed by atoms with Crippen molar-refractivity contribution in [1.29, 1.82) is 0 Å². The molecular formula is C13H12F3N3O. The molecule has 2 heterocycles. The van der Waals surface area contributed by atoms with E-state index in [0.29, 0.717) is 12.4 Å². The van der Waals surface area contributed by atoms with Crippen molar-refractivity contribution in [2.24, 2.45) is 0 Å². The highest BCUT2D eigenvalue weighted by molar-refractivity contribution is 5.39. The van der Waals surface area contributed by atoms with Gasteiger partial charge in [0.15, 0.2) is 0 Å². The maximum Gasteiger partial charge on any atom is 0.416 e. The summed E-state index contributed by atoms with van der Waals surface area (Å²) in [5.41, 5.74) is 0.0767. The zero-order valence-corrected chi connectivity index (χ0v) is 10.6. The molecule has 7 heteroatoms. The summed E-state index contributed by atoms with van der Waals surface area (Å²) in [4.78, 5) is 7.85. The standard InChI is InChI=1S/C13H12F3N3O/c1-20-12-3-2-9(8-19-12)7-18-11-6-10(4-5-17-11)13(14,15)16/h2-6,8H,7H2,1H3,(H,17,18). The van der Waals surface area contributed by atoms with Crippen molar-refractivity contribution < 1.29 is 17.9 Å². The van der Waals surface area contributed by atoms with E-state index in [4.69, 9.17) is 4.74 Å². The fourth-order valence-electron chi connectivity index (χ4n) is 1.53. The van der Waals surface area contributed by atoms with Gasteiger partial charge in [0, 0.05) is 25.0 Å². The molecule has 2 rings (SSSR count). The van der Waals surface area contributed by atoms with Crippen LogP contribution in [-0.4, -0.2) is 17.1 Å². The van der Waals surface area contributed by atoms with E-state index in [0.717, 1.165) is 23.9 Å². The van der Waals surface area contributed by atoms with Crippen LogP contribution in [0.1, 0.15) is 11.1 Å². The lowest BCUT2D eigenvalue weighted by molar-refractivity contribution is -0.137. The summed E-state index contributed by atoms with van der Waals surface area (Å²) < 4.78 is 42.5. The molecule has 106 valence electrons. The Bertz CT molecular complexity index is 570. The van der Waals surface area contributed by atoms with Gasteiger partial charge in [0.1, 0.15) is 5.82 Å². The van der Waals surface area contributed by atoms with Gasteiger partial charge in [0.25, 0.3) is 0 Å². The summed E-state index contributed by atoms with van der Waals surface area (Å²) in [7, 11) is 1.51. The monoisotopic (exact) mass is 283 g/mol. The third kappa shape index (κ3) is 3.59. The number of methoxy groups -OCH3 is 1. The van der Waals surface area contributed by atoms with Gasteiger partial charge in [0.2, 0.25) is 5.88 Å². The van der Waals surface area contributed by atoms with Crippen LogP contribution in [0, 0.1) is 0 Å². The van der Waals surface area contributed by atoms with Gasteiger partial charge >= 0.3 is 6.18 Å². The van der Waals surface area contributed by atoms with E-state index in [2.05, 4.69) is 15.3 Å². The van der Waals surface area contributed by atoms with E-state index in [1.807, 2.05) is 0 Å². The van der Waals surface area contributed by atoms with Gasteiger partial charge in [-0.3, -0.25) is 0 Å². The first-order chi connectivity index (χ1) is 9.49. The molecule has 20 heavy (non-hydrogen) atoms. The molecule has 0 aliphatic heterocycles. The van der Waals surface area contributed by atoms with Crippen molar-refractivity contribution in [3.05, 3.63) is 47.8 Å². The third-order valence-electron chi connectivity index (χ3n) is 2.57. The summed E-state index contributed by atoms with van der Waals surface area (Å²) in [6, 6.07) is 5.35. The van der Waals surface area contributed by atoms with Gasteiger partial charge in [-0.1, -0.05) is 6.07 Å². The van der Waals surface area contributed by atoms with Crippen molar-refractivity contribution in [3.8, 4) is 5.88 Å². The van der Waals surface area contributed by atoms with Crippen molar-refractivity contribution in [1.82, 2.24) is 9.97 Å².